The summed E-state index contributed by atoms with van der Waals surface area (Å²) in [6.07, 6.45) is 2.78. The van der Waals surface area contributed by atoms with Crippen LogP contribution in [-0.2, 0) is 26.2 Å². The van der Waals surface area contributed by atoms with Crippen LogP contribution >= 0.6 is 23.2 Å². The van der Waals surface area contributed by atoms with Crippen molar-refractivity contribution in [2.75, 3.05) is 23.7 Å². The molecule has 0 fully saturated rings. The number of rotatable bonds is 11. The van der Waals surface area contributed by atoms with Gasteiger partial charge in [-0.1, -0.05) is 48.7 Å². The highest BCUT2D eigenvalue weighted by molar-refractivity contribution is 7.92. The summed E-state index contributed by atoms with van der Waals surface area (Å²) >= 11 is 12.1. The molecule has 0 radical (unpaired) electrons. The summed E-state index contributed by atoms with van der Waals surface area (Å²) in [6, 6.07) is 10.9. The number of nitrogens with one attached hydrogen (secondary N) is 1. The molecule has 2 aromatic rings. The third-order valence-electron chi connectivity index (χ3n) is 5.35. The topological polar surface area (TPSA) is 86.8 Å². The number of hydrogen-bond donors (Lipinski definition) is 1. The van der Waals surface area contributed by atoms with E-state index in [0.717, 1.165) is 29.0 Å². The number of amides is 2. The fourth-order valence-electron chi connectivity index (χ4n) is 3.44. The fourth-order valence-corrected chi connectivity index (χ4v) is 4.79. The Kier molecular flexibility index (Phi) is 10.2. The van der Waals surface area contributed by atoms with E-state index in [-0.39, 0.29) is 12.5 Å². The SMILES string of the molecule is CCCCNC(=O)[C@@H](C)N(Cc1cccc(Cl)c1)C(=O)CN(c1ccc(Cl)cc1C)S(C)(=O)=O. The molecule has 0 spiro atoms. The molecule has 0 aliphatic rings. The van der Waals surface area contributed by atoms with E-state index >= 15 is 0 Å². The van der Waals surface area contributed by atoms with Crippen molar-refractivity contribution < 1.29 is 18.0 Å². The molecular weight excluding hydrogens is 497 g/mol. The minimum atomic E-state index is -3.80. The quantitative estimate of drug-likeness (QED) is 0.438. The highest BCUT2D eigenvalue weighted by Crippen LogP contribution is 2.26. The molecule has 1 atom stereocenters. The third-order valence-corrected chi connectivity index (χ3v) is 6.94. The molecule has 0 bridgehead atoms. The van der Waals surface area contributed by atoms with Crippen molar-refractivity contribution >= 4 is 50.7 Å². The lowest BCUT2D eigenvalue weighted by Gasteiger charge is -2.32. The Morgan fingerprint density at radius 3 is 2.35 bits per heavy atom. The maximum Gasteiger partial charge on any atom is 0.244 e. The van der Waals surface area contributed by atoms with Crippen LogP contribution in [0.15, 0.2) is 42.5 Å². The van der Waals surface area contributed by atoms with Gasteiger partial charge in [0.05, 0.1) is 11.9 Å². The zero-order chi connectivity index (χ0) is 25.5. The molecule has 2 amide bonds. The van der Waals surface area contributed by atoms with E-state index in [1.54, 1.807) is 56.3 Å². The van der Waals surface area contributed by atoms with Gasteiger partial charge >= 0.3 is 0 Å². The van der Waals surface area contributed by atoms with Crippen molar-refractivity contribution in [1.29, 1.82) is 0 Å². The minimum Gasteiger partial charge on any atom is -0.354 e. The Bertz CT molecular complexity index is 1120. The monoisotopic (exact) mass is 527 g/mol. The average molecular weight is 529 g/mol. The smallest absolute Gasteiger partial charge is 0.244 e. The van der Waals surface area contributed by atoms with E-state index < -0.39 is 28.5 Å². The normalized spacial score (nSPS) is 12.2. The number of anilines is 1. The standard InChI is InChI=1S/C24H31Cl2N3O4S/c1-5-6-12-27-24(31)18(3)28(15-19-8-7-9-20(25)14-19)23(30)16-29(34(4,32)33)22-11-10-21(26)13-17(22)2/h7-11,13-14,18H,5-6,12,15-16H2,1-4H3,(H,27,31)/t18-/m1/s1. The van der Waals surface area contributed by atoms with Crippen molar-refractivity contribution in [3.05, 3.63) is 63.6 Å². The molecular formula is C24H31Cl2N3O4S. The summed E-state index contributed by atoms with van der Waals surface area (Å²) in [5.74, 6) is -0.824. The molecule has 0 aromatic heterocycles. The van der Waals surface area contributed by atoms with E-state index in [1.165, 1.54) is 4.90 Å². The van der Waals surface area contributed by atoms with Gasteiger partial charge in [-0.3, -0.25) is 13.9 Å². The molecule has 0 unspecified atom stereocenters. The number of carbonyl (C=O) groups is 2. The van der Waals surface area contributed by atoms with Crippen LogP contribution in [0.1, 0.15) is 37.8 Å². The van der Waals surface area contributed by atoms with Gasteiger partial charge in [-0.15, -0.1) is 0 Å². The number of hydrogen-bond acceptors (Lipinski definition) is 4. The highest BCUT2D eigenvalue weighted by Gasteiger charge is 2.30. The molecule has 0 saturated heterocycles. The second-order valence-electron chi connectivity index (χ2n) is 8.17. The molecule has 0 aliphatic heterocycles. The number of benzene rings is 2. The Balaban J connectivity index is 2.38. The molecule has 0 heterocycles. The first-order valence-corrected chi connectivity index (χ1v) is 13.6. The summed E-state index contributed by atoms with van der Waals surface area (Å²) < 4.78 is 26.3. The van der Waals surface area contributed by atoms with Gasteiger partial charge in [-0.05, 0) is 61.7 Å². The van der Waals surface area contributed by atoms with Crippen LogP contribution in [0.4, 0.5) is 5.69 Å². The first kappa shape index (κ1) is 28.0. The minimum absolute atomic E-state index is 0.0962. The summed E-state index contributed by atoms with van der Waals surface area (Å²) in [6.45, 7) is 5.49. The van der Waals surface area contributed by atoms with Gasteiger partial charge in [-0.25, -0.2) is 8.42 Å². The predicted octanol–water partition coefficient (Wildman–Crippen LogP) is 4.40. The van der Waals surface area contributed by atoms with Crippen LogP contribution in [0.2, 0.25) is 10.0 Å². The Hall–Kier alpha value is -2.29. The van der Waals surface area contributed by atoms with Crippen molar-refractivity contribution in [3.8, 4) is 0 Å². The lowest BCUT2D eigenvalue weighted by Crippen LogP contribution is -2.51. The highest BCUT2D eigenvalue weighted by atomic mass is 35.5. The van der Waals surface area contributed by atoms with Crippen molar-refractivity contribution in [2.24, 2.45) is 0 Å². The lowest BCUT2D eigenvalue weighted by molar-refractivity contribution is -0.139. The molecule has 1 N–H and O–H groups in total. The molecule has 2 rings (SSSR count). The van der Waals surface area contributed by atoms with Crippen molar-refractivity contribution in [2.45, 2.75) is 46.2 Å². The van der Waals surface area contributed by atoms with Crippen LogP contribution in [0.25, 0.3) is 0 Å². The van der Waals surface area contributed by atoms with E-state index in [9.17, 15) is 18.0 Å². The first-order valence-electron chi connectivity index (χ1n) is 11.0. The maximum atomic E-state index is 13.5. The molecule has 186 valence electrons. The van der Waals surface area contributed by atoms with E-state index in [2.05, 4.69) is 5.32 Å². The van der Waals surface area contributed by atoms with Crippen LogP contribution in [-0.4, -0.2) is 50.5 Å². The van der Waals surface area contributed by atoms with Gasteiger partial charge in [-0.2, -0.15) is 0 Å². The van der Waals surface area contributed by atoms with Crippen LogP contribution in [0.3, 0.4) is 0 Å². The van der Waals surface area contributed by atoms with Crippen molar-refractivity contribution in [3.63, 3.8) is 0 Å². The Labute approximate surface area is 212 Å². The number of carbonyl (C=O) groups excluding carboxylic acids is 2. The second-order valence-corrected chi connectivity index (χ2v) is 11.0. The summed E-state index contributed by atoms with van der Waals surface area (Å²) in [5, 5.41) is 3.80. The summed E-state index contributed by atoms with van der Waals surface area (Å²) in [4.78, 5) is 27.7. The number of nitrogens with zero attached hydrogens (tertiary/aromatic N) is 2. The molecule has 0 saturated carbocycles. The summed E-state index contributed by atoms with van der Waals surface area (Å²) in [7, 11) is -3.80. The fraction of sp³-hybridized carbons (Fsp3) is 0.417. The number of sulfonamides is 1. The Morgan fingerprint density at radius 2 is 1.76 bits per heavy atom. The molecule has 2 aromatic carbocycles. The number of aryl methyl sites for hydroxylation is 1. The van der Waals surface area contributed by atoms with Crippen molar-refractivity contribution in [1.82, 2.24) is 10.2 Å². The van der Waals surface area contributed by atoms with Crippen LogP contribution < -0.4 is 9.62 Å². The van der Waals surface area contributed by atoms with E-state index in [0.29, 0.717) is 27.8 Å². The average Bonchev–Trinajstić information content (AvgIpc) is 2.75. The van der Waals surface area contributed by atoms with E-state index in [4.69, 9.17) is 23.2 Å². The maximum absolute atomic E-state index is 13.5. The van der Waals surface area contributed by atoms with Gasteiger partial charge in [0.2, 0.25) is 21.8 Å². The van der Waals surface area contributed by atoms with Crippen LogP contribution in [0, 0.1) is 6.92 Å². The zero-order valence-electron chi connectivity index (χ0n) is 19.8. The summed E-state index contributed by atoms with van der Waals surface area (Å²) in [5.41, 5.74) is 1.68. The van der Waals surface area contributed by atoms with Gasteiger partial charge in [0, 0.05) is 23.1 Å². The first-order chi connectivity index (χ1) is 15.9. The van der Waals surface area contributed by atoms with Gasteiger partial charge in [0.25, 0.3) is 0 Å². The van der Waals surface area contributed by atoms with Gasteiger partial charge < -0.3 is 10.2 Å². The largest absolute Gasteiger partial charge is 0.354 e. The molecule has 7 nitrogen and oxygen atoms in total. The van der Waals surface area contributed by atoms with E-state index in [1.807, 2.05) is 6.92 Å². The van der Waals surface area contributed by atoms with Gasteiger partial charge in [0.15, 0.2) is 0 Å². The Morgan fingerprint density at radius 1 is 1.09 bits per heavy atom. The number of unbranched alkanes of at least 4 members (excludes halogenated alkanes) is 1. The third kappa shape index (κ3) is 7.89. The second kappa shape index (κ2) is 12.4. The zero-order valence-corrected chi connectivity index (χ0v) is 22.2. The predicted molar refractivity (Wildman–Crippen MR) is 138 cm³/mol. The molecule has 10 heteroatoms. The molecule has 0 aliphatic carbocycles. The lowest BCUT2D eigenvalue weighted by atomic mass is 10.1. The van der Waals surface area contributed by atoms with Crippen LogP contribution in [0.5, 0.6) is 0 Å². The van der Waals surface area contributed by atoms with Gasteiger partial charge in [0.1, 0.15) is 12.6 Å². The number of halogens is 2. The molecule has 34 heavy (non-hydrogen) atoms.